The van der Waals surface area contributed by atoms with Gasteiger partial charge in [0.05, 0.1) is 6.54 Å². The summed E-state index contributed by atoms with van der Waals surface area (Å²) in [6.07, 6.45) is 4.13. The molecule has 0 saturated heterocycles. The first kappa shape index (κ1) is 15.2. The van der Waals surface area contributed by atoms with Gasteiger partial charge in [-0.3, -0.25) is 4.90 Å². The molecule has 0 atom stereocenters. The van der Waals surface area contributed by atoms with Crippen LogP contribution in [0.3, 0.4) is 0 Å². The summed E-state index contributed by atoms with van der Waals surface area (Å²) in [5.41, 5.74) is 7.10. The van der Waals surface area contributed by atoms with Gasteiger partial charge in [-0.1, -0.05) is 37.3 Å². The van der Waals surface area contributed by atoms with Gasteiger partial charge in [-0.2, -0.15) is 0 Å². The summed E-state index contributed by atoms with van der Waals surface area (Å²) < 4.78 is 0. The number of rotatable bonds is 8. The van der Waals surface area contributed by atoms with Gasteiger partial charge in [0.15, 0.2) is 0 Å². The smallest absolute Gasteiger partial charge is 0.107 e. The van der Waals surface area contributed by atoms with Crippen molar-refractivity contribution in [3.63, 3.8) is 0 Å². The number of nitrogens with zero attached hydrogens (tertiary/aromatic N) is 2. The lowest BCUT2D eigenvalue weighted by Crippen LogP contribution is -2.31. The van der Waals surface area contributed by atoms with Crippen molar-refractivity contribution in [2.24, 2.45) is 5.73 Å². The molecule has 2 N–H and O–H groups in total. The van der Waals surface area contributed by atoms with Crippen molar-refractivity contribution < 1.29 is 0 Å². The Balaban J connectivity index is 1.89. The fraction of sp³-hybridized carbons (Fsp3) is 0.438. The largest absolute Gasteiger partial charge is 0.329 e. The van der Waals surface area contributed by atoms with Crippen LogP contribution in [0.25, 0.3) is 0 Å². The highest BCUT2D eigenvalue weighted by Gasteiger charge is 2.08. The Labute approximate surface area is 125 Å². The van der Waals surface area contributed by atoms with E-state index in [4.69, 9.17) is 5.73 Å². The lowest BCUT2D eigenvalue weighted by atomic mass is 10.1. The minimum atomic E-state index is 0.695. The average molecular weight is 289 g/mol. The molecule has 0 bridgehead atoms. The first-order chi connectivity index (χ1) is 9.81. The van der Waals surface area contributed by atoms with Crippen molar-refractivity contribution in [3.8, 4) is 0 Å². The maximum absolute atomic E-state index is 5.72. The van der Waals surface area contributed by atoms with Crippen LogP contribution in [-0.4, -0.2) is 29.5 Å². The molecule has 1 aromatic heterocycles. The molecule has 108 valence electrons. The topological polar surface area (TPSA) is 42.2 Å². The highest BCUT2D eigenvalue weighted by Crippen LogP contribution is 2.15. The van der Waals surface area contributed by atoms with Gasteiger partial charge in [0.2, 0.25) is 0 Å². The Hall–Kier alpha value is -1.23. The van der Waals surface area contributed by atoms with E-state index in [0.717, 1.165) is 32.5 Å². The zero-order valence-corrected chi connectivity index (χ0v) is 12.9. The summed E-state index contributed by atoms with van der Waals surface area (Å²) in [5.74, 6) is 0. The molecular formula is C16H23N3S. The predicted octanol–water partition coefficient (Wildman–Crippen LogP) is 2.71. The molecule has 0 fully saturated rings. The van der Waals surface area contributed by atoms with Crippen molar-refractivity contribution in [3.05, 3.63) is 52.0 Å². The van der Waals surface area contributed by atoms with Crippen molar-refractivity contribution in [2.45, 2.75) is 26.3 Å². The van der Waals surface area contributed by atoms with Gasteiger partial charge >= 0.3 is 0 Å². The Bertz CT molecular complexity index is 495. The normalized spacial score (nSPS) is 11.2. The van der Waals surface area contributed by atoms with E-state index in [1.807, 2.05) is 17.5 Å². The van der Waals surface area contributed by atoms with E-state index in [9.17, 15) is 0 Å². The molecule has 2 rings (SSSR count). The van der Waals surface area contributed by atoms with Gasteiger partial charge in [0.1, 0.15) is 5.01 Å². The Kier molecular flexibility index (Phi) is 6.18. The van der Waals surface area contributed by atoms with Crippen LogP contribution >= 0.6 is 11.3 Å². The highest BCUT2D eigenvalue weighted by atomic mass is 32.1. The van der Waals surface area contributed by atoms with E-state index in [0.29, 0.717) is 6.54 Å². The second-order valence-electron chi connectivity index (χ2n) is 4.87. The quantitative estimate of drug-likeness (QED) is 0.812. The van der Waals surface area contributed by atoms with E-state index in [2.05, 4.69) is 47.1 Å². The Morgan fingerprint density at radius 3 is 2.65 bits per heavy atom. The lowest BCUT2D eigenvalue weighted by Gasteiger charge is -2.20. The van der Waals surface area contributed by atoms with Crippen LogP contribution in [0.2, 0.25) is 0 Å². The predicted molar refractivity (Wildman–Crippen MR) is 86.0 cm³/mol. The van der Waals surface area contributed by atoms with E-state index < -0.39 is 0 Å². The summed E-state index contributed by atoms with van der Waals surface area (Å²) in [4.78, 5) is 8.25. The van der Waals surface area contributed by atoms with Gasteiger partial charge < -0.3 is 5.73 Å². The number of aryl methyl sites for hydroxylation is 1. The standard InChI is InChI=1S/C16H23N3S/c1-2-15-12-18-16(20-15)13-19(11-9-17)10-8-14-6-4-3-5-7-14/h3-7,12H,2,8-11,13,17H2,1H3. The second-order valence-corrected chi connectivity index (χ2v) is 6.07. The zero-order valence-electron chi connectivity index (χ0n) is 12.1. The molecule has 0 saturated carbocycles. The maximum Gasteiger partial charge on any atom is 0.107 e. The van der Waals surface area contributed by atoms with Crippen LogP contribution in [0.1, 0.15) is 22.4 Å². The van der Waals surface area contributed by atoms with Gasteiger partial charge in [-0.05, 0) is 18.4 Å². The number of thiazole rings is 1. The van der Waals surface area contributed by atoms with Crippen LogP contribution in [0.5, 0.6) is 0 Å². The number of hydrogen-bond donors (Lipinski definition) is 1. The number of hydrogen-bond acceptors (Lipinski definition) is 4. The van der Waals surface area contributed by atoms with E-state index in [1.165, 1.54) is 15.4 Å². The Morgan fingerprint density at radius 1 is 1.20 bits per heavy atom. The third-order valence-corrected chi connectivity index (χ3v) is 4.44. The highest BCUT2D eigenvalue weighted by molar-refractivity contribution is 7.11. The first-order valence-corrected chi connectivity index (χ1v) is 8.03. The minimum absolute atomic E-state index is 0.695. The summed E-state index contributed by atoms with van der Waals surface area (Å²) in [7, 11) is 0. The number of aromatic nitrogens is 1. The van der Waals surface area contributed by atoms with Crippen LogP contribution in [0, 0.1) is 0 Å². The molecule has 0 radical (unpaired) electrons. The lowest BCUT2D eigenvalue weighted by molar-refractivity contribution is 0.276. The van der Waals surface area contributed by atoms with Crippen LogP contribution in [0.15, 0.2) is 36.5 Å². The Morgan fingerprint density at radius 2 is 2.00 bits per heavy atom. The van der Waals surface area contributed by atoms with Gasteiger partial charge in [0.25, 0.3) is 0 Å². The summed E-state index contributed by atoms with van der Waals surface area (Å²) in [6.45, 7) is 5.73. The average Bonchev–Trinajstić information content (AvgIpc) is 2.94. The number of benzene rings is 1. The van der Waals surface area contributed by atoms with Gasteiger partial charge in [-0.25, -0.2) is 4.98 Å². The van der Waals surface area contributed by atoms with Gasteiger partial charge in [-0.15, -0.1) is 11.3 Å². The van der Waals surface area contributed by atoms with Crippen LogP contribution < -0.4 is 5.73 Å². The molecule has 0 aliphatic carbocycles. The van der Waals surface area contributed by atoms with Crippen LogP contribution in [-0.2, 0) is 19.4 Å². The molecule has 1 aromatic carbocycles. The molecule has 2 aromatic rings. The van der Waals surface area contributed by atoms with Crippen molar-refractivity contribution >= 4 is 11.3 Å². The maximum atomic E-state index is 5.72. The molecule has 0 amide bonds. The monoisotopic (exact) mass is 289 g/mol. The second kappa shape index (κ2) is 8.15. The van der Waals surface area contributed by atoms with E-state index >= 15 is 0 Å². The number of nitrogens with two attached hydrogens (primary N) is 1. The third kappa shape index (κ3) is 4.71. The molecule has 20 heavy (non-hydrogen) atoms. The molecule has 0 unspecified atom stereocenters. The molecular weight excluding hydrogens is 266 g/mol. The van der Waals surface area contributed by atoms with Crippen molar-refractivity contribution in [1.29, 1.82) is 0 Å². The first-order valence-electron chi connectivity index (χ1n) is 7.21. The molecule has 4 heteroatoms. The van der Waals surface area contributed by atoms with Crippen LogP contribution in [0.4, 0.5) is 0 Å². The molecule has 1 heterocycles. The third-order valence-electron chi connectivity index (χ3n) is 3.31. The SMILES string of the molecule is CCc1cnc(CN(CCN)CCc2ccccc2)s1. The summed E-state index contributed by atoms with van der Waals surface area (Å²) in [5, 5.41) is 1.20. The molecule has 0 spiro atoms. The zero-order chi connectivity index (χ0) is 14.2. The van der Waals surface area contributed by atoms with Crippen molar-refractivity contribution in [1.82, 2.24) is 9.88 Å². The molecule has 0 aliphatic rings. The van der Waals surface area contributed by atoms with E-state index in [1.54, 1.807) is 0 Å². The fourth-order valence-corrected chi connectivity index (χ4v) is 3.07. The van der Waals surface area contributed by atoms with E-state index in [-0.39, 0.29) is 0 Å². The molecule has 3 nitrogen and oxygen atoms in total. The van der Waals surface area contributed by atoms with Crippen molar-refractivity contribution in [2.75, 3.05) is 19.6 Å². The summed E-state index contributed by atoms with van der Waals surface area (Å²) in [6, 6.07) is 10.6. The minimum Gasteiger partial charge on any atom is -0.329 e. The molecule has 0 aliphatic heterocycles. The summed E-state index contributed by atoms with van der Waals surface area (Å²) >= 11 is 1.82. The fourth-order valence-electron chi connectivity index (χ4n) is 2.16. The van der Waals surface area contributed by atoms with Gasteiger partial charge in [0, 0.05) is 30.7 Å².